The molecule has 3 aromatic rings. The molecular formula is C25H28Cl2N4O3. The average molecular weight is 503 g/mol. The first-order valence-electron chi connectivity index (χ1n) is 11.0. The predicted octanol–water partition coefficient (Wildman–Crippen LogP) is 4.84. The summed E-state index contributed by atoms with van der Waals surface area (Å²) in [6, 6.07) is 15.2. The molecule has 5 N–H and O–H groups in total. The van der Waals surface area contributed by atoms with Crippen LogP contribution in [0.5, 0.6) is 0 Å². The zero-order chi connectivity index (χ0) is 24.5. The molecule has 0 radical (unpaired) electrons. The van der Waals surface area contributed by atoms with Gasteiger partial charge in [-0.1, -0.05) is 41.8 Å². The normalized spacial score (nSPS) is 11.8. The number of carbonyl (C=O) groups is 2. The lowest BCUT2D eigenvalue weighted by atomic mass is 10.1. The lowest BCUT2D eigenvalue weighted by Gasteiger charge is -2.19. The van der Waals surface area contributed by atoms with Gasteiger partial charge in [0.2, 0.25) is 5.91 Å². The molecule has 0 aliphatic heterocycles. The second-order valence-electron chi connectivity index (χ2n) is 7.72. The highest BCUT2D eigenvalue weighted by Gasteiger charge is 2.21. The first-order valence-corrected chi connectivity index (χ1v) is 11.8. The van der Waals surface area contributed by atoms with E-state index in [1.54, 1.807) is 49.5 Å². The van der Waals surface area contributed by atoms with E-state index in [1.165, 1.54) is 0 Å². The SMILES string of the molecule is CNC(=O)c1ccccc1NC(=O)[C@H](CCCCN)NCc1ccc(-c2cc(Cl)ccc2Cl)o1. The molecule has 7 nitrogen and oxygen atoms in total. The molecule has 9 heteroatoms. The maximum absolute atomic E-state index is 13.1. The highest BCUT2D eigenvalue weighted by Crippen LogP contribution is 2.31. The topological polar surface area (TPSA) is 109 Å². The van der Waals surface area contributed by atoms with Crippen LogP contribution in [0.3, 0.4) is 0 Å². The number of unbranched alkanes of at least 4 members (excludes halogenated alkanes) is 1. The summed E-state index contributed by atoms with van der Waals surface area (Å²) in [4.78, 5) is 25.3. The second kappa shape index (κ2) is 12.6. The maximum atomic E-state index is 13.1. The van der Waals surface area contributed by atoms with Gasteiger partial charge in [-0.2, -0.15) is 0 Å². The Balaban J connectivity index is 1.71. The van der Waals surface area contributed by atoms with Gasteiger partial charge in [0.05, 0.1) is 28.9 Å². The van der Waals surface area contributed by atoms with Gasteiger partial charge in [-0.3, -0.25) is 14.9 Å². The number of halogens is 2. The molecular weight excluding hydrogens is 475 g/mol. The number of hydrogen-bond acceptors (Lipinski definition) is 5. The second-order valence-corrected chi connectivity index (χ2v) is 8.57. The summed E-state index contributed by atoms with van der Waals surface area (Å²) in [7, 11) is 1.55. The molecule has 2 amide bonds. The van der Waals surface area contributed by atoms with Crippen molar-refractivity contribution in [3.8, 4) is 11.3 Å². The van der Waals surface area contributed by atoms with Gasteiger partial charge < -0.3 is 20.8 Å². The Morgan fingerprint density at radius 3 is 2.62 bits per heavy atom. The number of nitrogens with two attached hydrogens (primary N) is 1. The van der Waals surface area contributed by atoms with Gasteiger partial charge in [-0.25, -0.2) is 0 Å². The van der Waals surface area contributed by atoms with E-state index in [1.807, 2.05) is 12.1 Å². The molecule has 0 fully saturated rings. The lowest BCUT2D eigenvalue weighted by molar-refractivity contribution is -0.118. The number of hydrogen-bond donors (Lipinski definition) is 4. The van der Waals surface area contributed by atoms with E-state index in [0.29, 0.717) is 57.9 Å². The van der Waals surface area contributed by atoms with E-state index in [-0.39, 0.29) is 11.8 Å². The van der Waals surface area contributed by atoms with Crippen LogP contribution in [0.25, 0.3) is 11.3 Å². The van der Waals surface area contributed by atoms with E-state index in [2.05, 4.69) is 16.0 Å². The molecule has 180 valence electrons. The van der Waals surface area contributed by atoms with Gasteiger partial charge in [0.25, 0.3) is 5.91 Å². The minimum Gasteiger partial charge on any atom is -0.460 e. The van der Waals surface area contributed by atoms with Crippen LogP contribution >= 0.6 is 23.2 Å². The van der Waals surface area contributed by atoms with Gasteiger partial charge in [0, 0.05) is 17.6 Å². The van der Waals surface area contributed by atoms with Crippen molar-refractivity contribution in [1.82, 2.24) is 10.6 Å². The zero-order valence-electron chi connectivity index (χ0n) is 18.9. The molecule has 0 bridgehead atoms. The summed E-state index contributed by atoms with van der Waals surface area (Å²) in [5, 5.41) is 9.82. The predicted molar refractivity (Wildman–Crippen MR) is 136 cm³/mol. The third kappa shape index (κ3) is 6.84. The largest absolute Gasteiger partial charge is 0.460 e. The molecule has 1 heterocycles. The number of rotatable bonds is 11. The fourth-order valence-corrected chi connectivity index (χ4v) is 3.87. The van der Waals surface area contributed by atoms with Crippen molar-refractivity contribution >= 4 is 40.7 Å². The molecule has 2 aromatic carbocycles. The Bertz CT molecular complexity index is 1130. The molecule has 34 heavy (non-hydrogen) atoms. The first kappa shape index (κ1) is 25.8. The number of anilines is 1. The monoisotopic (exact) mass is 502 g/mol. The van der Waals surface area contributed by atoms with Gasteiger partial charge >= 0.3 is 0 Å². The van der Waals surface area contributed by atoms with E-state index < -0.39 is 6.04 Å². The van der Waals surface area contributed by atoms with Gasteiger partial charge in [0.15, 0.2) is 0 Å². The Labute approximate surface area is 209 Å². The first-order chi connectivity index (χ1) is 16.4. The average Bonchev–Trinajstić information content (AvgIpc) is 3.31. The van der Waals surface area contributed by atoms with E-state index in [0.717, 1.165) is 12.8 Å². The summed E-state index contributed by atoms with van der Waals surface area (Å²) in [5.41, 5.74) is 7.17. The Morgan fingerprint density at radius 2 is 1.85 bits per heavy atom. The van der Waals surface area contributed by atoms with Gasteiger partial charge in [0.1, 0.15) is 11.5 Å². The molecule has 0 saturated heterocycles. The molecule has 1 atom stereocenters. The van der Waals surface area contributed by atoms with Crippen molar-refractivity contribution in [3.05, 3.63) is 76.0 Å². The Hall–Kier alpha value is -2.84. The van der Waals surface area contributed by atoms with Crippen molar-refractivity contribution < 1.29 is 14.0 Å². The third-order valence-electron chi connectivity index (χ3n) is 5.30. The van der Waals surface area contributed by atoms with Gasteiger partial charge in [-0.05, 0) is 61.9 Å². The van der Waals surface area contributed by atoms with Crippen LogP contribution in [-0.2, 0) is 11.3 Å². The van der Waals surface area contributed by atoms with Crippen LogP contribution < -0.4 is 21.7 Å². The van der Waals surface area contributed by atoms with E-state index in [9.17, 15) is 9.59 Å². The van der Waals surface area contributed by atoms with Crippen LogP contribution in [0, 0.1) is 0 Å². The Kier molecular flexibility index (Phi) is 9.53. The third-order valence-corrected chi connectivity index (χ3v) is 5.86. The van der Waals surface area contributed by atoms with Crippen LogP contribution in [0.2, 0.25) is 10.0 Å². The minimum absolute atomic E-state index is 0.238. The molecule has 3 rings (SSSR count). The standard InChI is InChI=1S/C25H28Cl2N4O3/c1-29-24(32)18-6-2-3-7-21(18)31-25(33)22(8-4-5-13-28)30-15-17-10-12-23(34-17)19-14-16(26)9-11-20(19)27/h2-3,6-7,9-12,14,22,30H,4-5,8,13,15,28H2,1H3,(H,29,32)(H,31,33)/t22-/m0/s1. The quantitative estimate of drug-likeness (QED) is 0.280. The summed E-state index contributed by atoms with van der Waals surface area (Å²) >= 11 is 12.4. The molecule has 0 unspecified atom stereocenters. The lowest BCUT2D eigenvalue weighted by Crippen LogP contribution is -2.40. The number of benzene rings is 2. The number of nitrogens with one attached hydrogen (secondary N) is 3. The fourth-order valence-electron chi connectivity index (χ4n) is 3.49. The maximum Gasteiger partial charge on any atom is 0.253 e. The number of furan rings is 1. The molecule has 0 aliphatic rings. The van der Waals surface area contributed by atoms with E-state index >= 15 is 0 Å². The molecule has 1 aromatic heterocycles. The fraction of sp³-hybridized carbons (Fsp3) is 0.280. The van der Waals surface area contributed by atoms with Crippen LogP contribution in [0.1, 0.15) is 35.4 Å². The van der Waals surface area contributed by atoms with Crippen molar-refractivity contribution in [2.24, 2.45) is 5.73 Å². The summed E-state index contributed by atoms with van der Waals surface area (Å²) in [5.74, 6) is 0.728. The van der Waals surface area contributed by atoms with Crippen LogP contribution in [-0.4, -0.2) is 31.4 Å². The number of para-hydroxylation sites is 1. The summed E-state index contributed by atoms with van der Waals surface area (Å²) in [6.07, 6.45) is 2.16. The van der Waals surface area contributed by atoms with E-state index in [4.69, 9.17) is 33.4 Å². The van der Waals surface area contributed by atoms with Crippen molar-refractivity contribution in [1.29, 1.82) is 0 Å². The summed E-state index contributed by atoms with van der Waals surface area (Å²) < 4.78 is 5.93. The highest BCUT2D eigenvalue weighted by atomic mass is 35.5. The van der Waals surface area contributed by atoms with Crippen molar-refractivity contribution in [2.45, 2.75) is 31.8 Å². The number of amides is 2. The summed E-state index contributed by atoms with van der Waals surface area (Å²) in [6.45, 7) is 0.881. The number of carbonyl (C=O) groups excluding carboxylic acids is 2. The van der Waals surface area contributed by atoms with Gasteiger partial charge in [-0.15, -0.1) is 0 Å². The zero-order valence-corrected chi connectivity index (χ0v) is 20.4. The van der Waals surface area contributed by atoms with Crippen molar-refractivity contribution in [3.63, 3.8) is 0 Å². The highest BCUT2D eigenvalue weighted by molar-refractivity contribution is 6.35. The smallest absolute Gasteiger partial charge is 0.253 e. The molecule has 0 aliphatic carbocycles. The van der Waals surface area contributed by atoms with Crippen LogP contribution in [0.15, 0.2) is 59.0 Å². The van der Waals surface area contributed by atoms with Crippen LogP contribution in [0.4, 0.5) is 5.69 Å². The van der Waals surface area contributed by atoms with Crippen molar-refractivity contribution in [2.75, 3.05) is 18.9 Å². The minimum atomic E-state index is -0.507. The molecule has 0 spiro atoms. The Morgan fingerprint density at radius 1 is 1.06 bits per heavy atom. The molecule has 0 saturated carbocycles.